The molecule has 110 valence electrons. The Kier molecular flexibility index (Phi) is 3.64. The van der Waals surface area contributed by atoms with Gasteiger partial charge in [-0.25, -0.2) is 4.98 Å². The van der Waals surface area contributed by atoms with Crippen molar-refractivity contribution in [2.45, 2.75) is 19.4 Å². The molecule has 0 atom stereocenters. The summed E-state index contributed by atoms with van der Waals surface area (Å²) in [5, 5.41) is 0. The first kappa shape index (κ1) is 13.7. The van der Waals surface area contributed by atoms with Gasteiger partial charge in [0.2, 0.25) is 5.91 Å². The molecule has 5 heteroatoms. The van der Waals surface area contributed by atoms with Crippen LogP contribution in [0.3, 0.4) is 0 Å². The number of amides is 1. The molecule has 1 aliphatic rings. The van der Waals surface area contributed by atoms with Crippen LogP contribution in [0.5, 0.6) is 5.75 Å². The Morgan fingerprint density at radius 2 is 2.29 bits per heavy atom. The molecule has 1 aromatic carbocycles. The molecule has 0 unspecified atom stereocenters. The SMILES string of the molecule is COc1cccc(CC(=O)N2CCc3ncn(C)c3C2)c1. The molecule has 0 spiro atoms. The fourth-order valence-corrected chi connectivity index (χ4v) is 2.70. The molecule has 0 aliphatic carbocycles. The highest BCUT2D eigenvalue weighted by Gasteiger charge is 2.23. The van der Waals surface area contributed by atoms with Crippen LogP contribution in [-0.4, -0.2) is 34.0 Å². The molecular formula is C16H19N3O2. The summed E-state index contributed by atoms with van der Waals surface area (Å²) in [5.74, 6) is 0.933. The molecule has 5 nitrogen and oxygen atoms in total. The molecule has 1 aliphatic heterocycles. The van der Waals surface area contributed by atoms with E-state index in [1.165, 1.54) is 0 Å². The van der Waals surface area contributed by atoms with Crippen molar-refractivity contribution in [3.63, 3.8) is 0 Å². The third kappa shape index (κ3) is 2.77. The van der Waals surface area contributed by atoms with Gasteiger partial charge in [0, 0.05) is 20.0 Å². The van der Waals surface area contributed by atoms with Crippen LogP contribution in [-0.2, 0) is 31.2 Å². The zero-order valence-electron chi connectivity index (χ0n) is 12.4. The van der Waals surface area contributed by atoms with Crippen molar-refractivity contribution in [3.8, 4) is 5.75 Å². The Balaban J connectivity index is 1.70. The van der Waals surface area contributed by atoms with Crippen LogP contribution in [0.1, 0.15) is 17.0 Å². The predicted molar refractivity (Wildman–Crippen MR) is 79.0 cm³/mol. The molecule has 2 aromatic rings. The molecule has 1 amide bonds. The number of hydrogen-bond acceptors (Lipinski definition) is 3. The molecular weight excluding hydrogens is 266 g/mol. The van der Waals surface area contributed by atoms with Crippen LogP contribution in [0.4, 0.5) is 0 Å². The minimum absolute atomic E-state index is 0.148. The van der Waals surface area contributed by atoms with Crippen LogP contribution in [0, 0.1) is 0 Å². The van der Waals surface area contributed by atoms with Crippen LogP contribution in [0.15, 0.2) is 30.6 Å². The number of nitrogens with zero attached hydrogens (tertiary/aromatic N) is 3. The van der Waals surface area contributed by atoms with Crippen molar-refractivity contribution in [2.75, 3.05) is 13.7 Å². The van der Waals surface area contributed by atoms with Crippen molar-refractivity contribution in [1.82, 2.24) is 14.5 Å². The number of imidazole rings is 1. The highest BCUT2D eigenvalue weighted by atomic mass is 16.5. The van der Waals surface area contributed by atoms with Gasteiger partial charge in [0.25, 0.3) is 0 Å². The molecule has 21 heavy (non-hydrogen) atoms. The lowest BCUT2D eigenvalue weighted by atomic mass is 10.1. The number of hydrogen-bond donors (Lipinski definition) is 0. The number of carbonyl (C=O) groups excluding carboxylic acids is 1. The number of aryl methyl sites for hydroxylation is 1. The van der Waals surface area contributed by atoms with Gasteiger partial charge in [-0.15, -0.1) is 0 Å². The lowest BCUT2D eigenvalue weighted by Crippen LogP contribution is -2.37. The van der Waals surface area contributed by atoms with Crippen LogP contribution in [0.25, 0.3) is 0 Å². The summed E-state index contributed by atoms with van der Waals surface area (Å²) in [6.07, 6.45) is 3.06. The smallest absolute Gasteiger partial charge is 0.227 e. The number of fused-ring (bicyclic) bond motifs is 1. The number of aromatic nitrogens is 2. The van der Waals surface area contributed by atoms with Crippen molar-refractivity contribution in [3.05, 3.63) is 47.5 Å². The molecule has 0 N–H and O–H groups in total. The summed E-state index contributed by atoms with van der Waals surface area (Å²) < 4.78 is 7.20. The van der Waals surface area contributed by atoms with Crippen molar-refractivity contribution in [2.24, 2.45) is 7.05 Å². The zero-order valence-corrected chi connectivity index (χ0v) is 12.4. The average molecular weight is 285 g/mol. The molecule has 1 aromatic heterocycles. The van der Waals surface area contributed by atoms with Crippen molar-refractivity contribution in [1.29, 1.82) is 0 Å². The third-order valence-corrected chi connectivity index (χ3v) is 3.95. The summed E-state index contributed by atoms with van der Waals surface area (Å²) in [7, 11) is 3.61. The number of rotatable bonds is 3. The van der Waals surface area contributed by atoms with Crippen molar-refractivity contribution < 1.29 is 9.53 Å². The predicted octanol–water partition coefficient (Wildman–Crippen LogP) is 1.56. The molecule has 0 radical (unpaired) electrons. The van der Waals surface area contributed by atoms with Crippen LogP contribution < -0.4 is 4.74 Å². The van der Waals surface area contributed by atoms with E-state index in [4.69, 9.17) is 4.74 Å². The van der Waals surface area contributed by atoms with Gasteiger partial charge < -0.3 is 14.2 Å². The van der Waals surface area contributed by atoms with Gasteiger partial charge in [-0.05, 0) is 17.7 Å². The maximum Gasteiger partial charge on any atom is 0.227 e. The van der Waals surface area contributed by atoms with Gasteiger partial charge in [-0.3, -0.25) is 4.79 Å². The van der Waals surface area contributed by atoms with Gasteiger partial charge in [-0.2, -0.15) is 0 Å². The molecule has 2 heterocycles. The lowest BCUT2D eigenvalue weighted by Gasteiger charge is -2.27. The van der Waals surface area contributed by atoms with Gasteiger partial charge in [0.05, 0.1) is 37.8 Å². The summed E-state index contributed by atoms with van der Waals surface area (Å²) in [6, 6.07) is 7.67. The quantitative estimate of drug-likeness (QED) is 0.860. The number of ether oxygens (including phenoxy) is 1. The highest BCUT2D eigenvalue weighted by Crippen LogP contribution is 2.19. The molecule has 0 saturated heterocycles. The van der Waals surface area contributed by atoms with E-state index < -0.39 is 0 Å². The summed E-state index contributed by atoms with van der Waals surface area (Å²) in [6.45, 7) is 1.39. The minimum Gasteiger partial charge on any atom is -0.497 e. The van der Waals surface area contributed by atoms with Gasteiger partial charge in [-0.1, -0.05) is 12.1 Å². The first-order valence-electron chi connectivity index (χ1n) is 7.07. The largest absolute Gasteiger partial charge is 0.497 e. The number of methoxy groups -OCH3 is 1. The average Bonchev–Trinajstić information content (AvgIpc) is 2.88. The maximum absolute atomic E-state index is 12.5. The minimum atomic E-state index is 0.148. The second-order valence-corrected chi connectivity index (χ2v) is 5.34. The maximum atomic E-state index is 12.5. The van der Waals surface area contributed by atoms with E-state index in [0.29, 0.717) is 13.0 Å². The third-order valence-electron chi connectivity index (χ3n) is 3.95. The Hall–Kier alpha value is -2.30. The normalized spacial score (nSPS) is 13.9. The van der Waals surface area contributed by atoms with E-state index in [1.807, 2.05) is 47.1 Å². The fourth-order valence-electron chi connectivity index (χ4n) is 2.70. The molecule has 0 saturated carbocycles. The second-order valence-electron chi connectivity index (χ2n) is 5.34. The number of benzene rings is 1. The van der Waals surface area contributed by atoms with Gasteiger partial charge >= 0.3 is 0 Å². The van der Waals surface area contributed by atoms with E-state index in [-0.39, 0.29) is 5.91 Å². The van der Waals surface area contributed by atoms with Gasteiger partial charge in [0.1, 0.15) is 5.75 Å². The van der Waals surface area contributed by atoms with E-state index in [2.05, 4.69) is 4.98 Å². The Morgan fingerprint density at radius 3 is 3.10 bits per heavy atom. The van der Waals surface area contributed by atoms with E-state index in [9.17, 15) is 4.79 Å². The first-order chi connectivity index (χ1) is 10.2. The first-order valence-corrected chi connectivity index (χ1v) is 7.07. The molecule has 0 fully saturated rings. The second kappa shape index (κ2) is 5.60. The highest BCUT2D eigenvalue weighted by molar-refractivity contribution is 5.79. The summed E-state index contributed by atoms with van der Waals surface area (Å²) >= 11 is 0. The molecule has 3 rings (SSSR count). The zero-order chi connectivity index (χ0) is 14.8. The Bertz CT molecular complexity index is 663. The summed E-state index contributed by atoms with van der Waals surface area (Å²) in [4.78, 5) is 18.7. The van der Waals surface area contributed by atoms with Crippen LogP contribution >= 0.6 is 0 Å². The number of carbonyl (C=O) groups is 1. The van der Waals surface area contributed by atoms with Crippen molar-refractivity contribution >= 4 is 5.91 Å². The fraction of sp³-hybridized carbons (Fsp3) is 0.375. The lowest BCUT2D eigenvalue weighted by molar-refractivity contribution is -0.131. The monoisotopic (exact) mass is 285 g/mol. The topological polar surface area (TPSA) is 47.4 Å². The van der Waals surface area contributed by atoms with Crippen LogP contribution in [0.2, 0.25) is 0 Å². The van der Waals surface area contributed by atoms with E-state index in [1.54, 1.807) is 7.11 Å². The standard InChI is InChI=1S/C16H19N3O2/c1-18-11-17-14-6-7-19(10-15(14)18)16(20)9-12-4-3-5-13(8-12)21-2/h3-5,8,11H,6-7,9-10H2,1-2H3. The summed E-state index contributed by atoms with van der Waals surface area (Å²) in [5.41, 5.74) is 3.23. The Labute approximate surface area is 124 Å². The Morgan fingerprint density at radius 1 is 1.43 bits per heavy atom. The molecule has 0 bridgehead atoms. The van der Waals surface area contributed by atoms with E-state index in [0.717, 1.165) is 35.7 Å². The van der Waals surface area contributed by atoms with Gasteiger partial charge in [0.15, 0.2) is 0 Å². The van der Waals surface area contributed by atoms with E-state index >= 15 is 0 Å².